The smallest absolute Gasteiger partial charge is 0.0752 e. The van der Waals surface area contributed by atoms with E-state index in [1.54, 1.807) is 0 Å². The molecule has 2 N–H and O–H groups in total. The molecule has 0 saturated heterocycles. The standard InChI is InChI=1S/C13H21NO/c1-10-5-6-12(7-11(10)2)8-15-13(3,4)9-14/h5-7H,8-9,14H2,1-4H3. The monoisotopic (exact) mass is 207 g/mol. The Morgan fingerprint density at radius 3 is 2.40 bits per heavy atom. The summed E-state index contributed by atoms with van der Waals surface area (Å²) in [5, 5.41) is 0. The molecule has 1 aromatic carbocycles. The molecule has 0 unspecified atom stereocenters. The Morgan fingerprint density at radius 2 is 1.87 bits per heavy atom. The maximum Gasteiger partial charge on any atom is 0.0752 e. The van der Waals surface area contributed by atoms with Gasteiger partial charge in [-0.3, -0.25) is 0 Å². The van der Waals surface area contributed by atoms with Gasteiger partial charge in [0.25, 0.3) is 0 Å². The third-order valence-corrected chi connectivity index (χ3v) is 2.69. The number of nitrogens with two attached hydrogens (primary N) is 1. The van der Waals surface area contributed by atoms with Gasteiger partial charge in [0.05, 0.1) is 12.2 Å². The van der Waals surface area contributed by atoms with Crippen LogP contribution in [0.1, 0.15) is 30.5 Å². The summed E-state index contributed by atoms with van der Waals surface area (Å²) < 4.78 is 5.73. The second-order valence-electron chi connectivity index (χ2n) is 4.67. The molecule has 0 bridgehead atoms. The predicted molar refractivity (Wildman–Crippen MR) is 63.8 cm³/mol. The molecule has 0 aromatic heterocycles. The van der Waals surface area contributed by atoms with E-state index >= 15 is 0 Å². The SMILES string of the molecule is Cc1ccc(COC(C)(C)CN)cc1C. The van der Waals surface area contributed by atoms with Gasteiger partial charge in [-0.05, 0) is 44.4 Å². The van der Waals surface area contributed by atoms with Crippen LogP contribution in [0.3, 0.4) is 0 Å². The number of rotatable bonds is 4. The first-order valence-electron chi connectivity index (χ1n) is 5.35. The van der Waals surface area contributed by atoms with Crippen molar-refractivity contribution in [1.82, 2.24) is 0 Å². The van der Waals surface area contributed by atoms with Crippen LogP contribution in [-0.2, 0) is 11.3 Å². The van der Waals surface area contributed by atoms with Crippen LogP contribution in [0.15, 0.2) is 18.2 Å². The highest BCUT2D eigenvalue weighted by Crippen LogP contribution is 2.14. The third-order valence-electron chi connectivity index (χ3n) is 2.69. The largest absolute Gasteiger partial charge is 0.370 e. The summed E-state index contributed by atoms with van der Waals surface area (Å²) in [7, 11) is 0. The highest BCUT2D eigenvalue weighted by Gasteiger charge is 2.15. The molecule has 1 rings (SSSR count). The van der Waals surface area contributed by atoms with Crippen LogP contribution in [0, 0.1) is 13.8 Å². The van der Waals surface area contributed by atoms with E-state index < -0.39 is 0 Å². The maximum absolute atomic E-state index is 5.73. The van der Waals surface area contributed by atoms with Crippen molar-refractivity contribution in [2.75, 3.05) is 6.54 Å². The lowest BCUT2D eigenvalue weighted by Crippen LogP contribution is -2.33. The van der Waals surface area contributed by atoms with Gasteiger partial charge in [0, 0.05) is 6.54 Å². The Balaban J connectivity index is 2.62. The highest BCUT2D eigenvalue weighted by atomic mass is 16.5. The van der Waals surface area contributed by atoms with E-state index in [9.17, 15) is 0 Å². The molecule has 2 heteroatoms. The lowest BCUT2D eigenvalue weighted by molar-refractivity contribution is -0.0222. The molecular formula is C13H21NO. The van der Waals surface area contributed by atoms with Crippen molar-refractivity contribution in [3.63, 3.8) is 0 Å². The van der Waals surface area contributed by atoms with Gasteiger partial charge in [-0.1, -0.05) is 18.2 Å². The summed E-state index contributed by atoms with van der Waals surface area (Å²) in [4.78, 5) is 0. The molecule has 0 aliphatic rings. The Bertz CT molecular complexity index is 331. The van der Waals surface area contributed by atoms with E-state index in [1.807, 2.05) is 13.8 Å². The van der Waals surface area contributed by atoms with Gasteiger partial charge in [0.15, 0.2) is 0 Å². The van der Waals surface area contributed by atoms with E-state index in [1.165, 1.54) is 16.7 Å². The topological polar surface area (TPSA) is 35.2 Å². The van der Waals surface area contributed by atoms with Crippen molar-refractivity contribution in [2.24, 2.45) is 5.73 Å². The average Bonchev–Trinajstić information content (AvgIpc) is 2.20. The van der Waals surface area contributed by atoms with Crippen LogP contribution in [0.4, 0.5) is 0 Å². The summed E-state index contributed by atoms with van der Waals surface area (Å²) in [6, 6.07) is 6.40. The Kier molecular flexibility index (Phi) is 3.89. The Labute approximate surface area is 92.4 Å². The first-order chi connectivity index (χ1) is 6.94. The average molecular weight is 207 g/mol. The van der Waals surface area contributed by atoms with E-state index in [0.29, 0.717) is 13.2 Å². The maximum atomic E-state index is 5.73. The van der Waals surface area contributed by atoms with E-state index in [4.69, 9.17) is 10.5 Å². The molecule has 0 atom stereocenters. The molecule has 0 heterocycles. The first-order valence-corrected chi connectivity index (χ1v) is 5.35. The van der Waals surface area contributed by atoms with Crippen molar-refractivity contribution in [1.29, 1.82) is 0 Å². The summed E-state index contributed by atoms with van der Waals surface area (Å²) >= 11 is 0. The van der Waals surface area contributed by atoms with Gasteiger partial charge in [-0.25, -0.2) is 0 Å². The predicted octanol–water partition coefficient (Wildman–Crippen LogP) is 2.56. The minimum atomic E-state index is -0.237. The van der Waals surface area contributed by atoms with Crippen molar-refractivity contribution >= 4 is 0 Å². The normalized spacial score (nSPS) is 11.8. The Hall–Kier alpha value is -0.860. The zero-order valence-electron chi connectivity index (χ0n) is 10.1. The lowest BCUT2D eigenvalue weighted by atomic mass is 10.1. The molecule has 2 nitrogen and oxygen atoms in total. The lowest BCUT2D eigenvalue weighted by Gasteiger charge is -2.23. The summed E-state index contributed by atoms with van der Waals surface area (Å²) in [6.45, 7) is 9.42. The number of aryl methyl sites for hydroxylation is 2. The number of hydrogen-bond acceptors (Lipinski definition) is 2. The number of ether oxygens (including phenoxy) is 1. The first kappa shape index (κ1) is 12.2. The molecule has 0 radical (unpaired) electrons. The molecular weight excluding hydrogens is 186 g/mol. The Morgan fingerprint density at radius 1 is 1.20 bits per heavy atom. The van der Waals surface area contributed by atoms with Gasteiger partial charge in [0.2, 0.25) is 0 Å². The van der Waals surface area contributed by atoms with Crippen molar-refractivity contribution in [3.05, 3.63) is 34.9 Å². The molecule has 0 aliphatic carbocycles. The van der Waals surface area contributed by atoms with Crippen molar-refractivity contribution in [2.45, 2.75) is 39.9 Å². The zero-order valence-corrected chi connectivity index (χ0v) is 10.1. The number of hydrogen-bond donors (Lipinski definition) is 1. The van der Waals surface area contributed by atoms with Crippen LogP contribution in [0.2, 0.25) is 0 Å². The molecule has 0 fully saturated rings. The fourth-order valence-corrected chi connectivity index (χ4v) is 1.23. The van der Waals surface area contributed by atoms with E-state index in [0.717, 1.165) is 0 Å². The fraction of sp³-hybridized carbons (Fsp3) is 0.538. The van der Waals surface area contributed by atoms with Gasteiger partial charge < -0.3 is 10.5 Å². The molecule has 84 valence electrons. The minimum Gasteiger partial charge on any atom is -0.370 e. The number of benzene rings is 1. The molecule has 0 amide bonds. The van der Waals surface area contributed by atoms with Crippen LogP contribution >= 0.6 is 0 Å². The van der Waals surface area contributed by atoms with Gasteiger partial charge >= 0.3 is 0 Å². The van der Waals surface area contributed by atoms with Crippen molar-refractivity contribution in [3.8, 4) is 0 Å². The highest BCUT2D eigenvalue weighted by molar-refractivity contribution is 5.29. The summed E-state index contributed by atoms with van der Waals surface area (Å²) in [5.41, 5.74) is 9.19. The molecule has 15 heavy (non-hydrogen) atoms. The molecule has 0 aliphatic heterocycles. The summed E-state index contributed by atoms with van der Waals surface area (Å²) in [6.07, 6.45) is 0. The fourth-order valence-electron chi connectivity index (χ4n) is 1.23. The molecule has 0 saturated carbocycles. The summed E-state index contributed by atoms with van der Waals surface area (Å²) in [5.74, 6) is 0. The van der Waals surface area contributed by atoms with Crippen LogP contribution < -0.4 is 5.73 Å². The van der Waals surface area contributed by atoms with Crippen LogP contribution in [-0.4, -0.2) is 12.1 Å². The molecule has 0 spiro atoms. The third kappa shape index (κ3) is 3.65. The minimum absolute atomic E-state index is 0.237. The zero-order chi connectivity index (χ0) is 11.5. The second-order valence-corrected chi connectivity index (χ2v) is 4.67. The van der Waals surface area contributed by atoms with Gasteiger partial charge in [-0.2, -0.15) is 0 Å². The van der Waals surface area contributed by atoms with Crippen molar-refractivity contribution < 1.29 is 4.74 Å². The van der Waals surface area contributed by atoms with Crippen LogP contribution in [0.25, 0.3) is 0 Å². The molecule has 1 aromatic rings. The van der Waals surface area contributed by atoms with E-state index in [2.05, 4.69) is 32.0 Å². The van der Waals surface area contributed by atoms with Crippen LogP contribution in [0.5, 0.6) is 0 Å². The van der Waals surface area contributed by atoms with Gasteiger partial charge in [-0.15, -0.1) is 0 Å². The second kappa shape index (κ2) is 4.77. The quantitative estimate of drug-likeness (QED) is 0.823. The van der Waals surface area contributed by atoms with E-state index in [-0.39, 0.29) is 5.60 Å². The van der Waals surface area contributed by atoms with Gasteiger partial charge in [0.1, 0.15) is 0 Å².